The standard InChI is InChI=1S/C17H30N2O/c18-15-7-4-6-14(15)12-16(20)19-11-5-10-17(13-19)8-2-1-3-9-17/h14-15H,1-13,18H2/t14-,15+/m0/s1. The number of piperidine rings is 1. The molecule has 0 aromatic carbocycles. The highest BCUT2D eigenvalue weighted by Gasteiger charge is 2.38. The minimum absolute atomic E-state index is 0.271. The van der Waals surface area contributed by atoms with Crippen molar-refractivity contribution in [1.82, 2.24) is 4.90 Å². The van der Waals surface area contributed by atoms with Gasteiger partial charge in [-0.25, -0.2) is 0 Å². The fraction of sp³-hybridized carbons (Fsp3) is 0.941. The number of nitrogens with zero attached hydrogens (tertiary/aromatic N) is 1. The minimum atomic E-state index is 0.271. The summed E-state index contributed by atoms with van der Waals surface area (Å²) in [5, 5.41) is 0. The highest BCUT2D eigenvalue weighted by atomic mass is 16.2. The van der Waals surface area contributed by atoms with Gasteiger partial charge in [0.25, 0.3) is 0 Å². The quantitative estimate of drug-likeness (QED) is 0.843. The topological polar surface area (TPSA) is 46.3 Å². The van der Waals surface area contributed by atoms with Crippen molar-refractivity contribution in [2.45, 2.75) is 76.7 Å². The van der Waals surface area contributed by atoms with E-state index < -0.39 is 0 Å². The van der Waals surface area contributed by atoms with E-state index in [0.29, 0.717) is 23.7 Å². The Labute approximate surface area is 123 Å². The number of likely N-dealkylation sites (tertiary alicyclic amines) is 1. The van der Waals surface area contributed by atoms with Crippen molar-refractivity contribution >= 4 is 5.91 Å². The summed E-state index contributed by atoms with van der Waals surface area (Å²) in [6.45, 7) is 2.02. The summed E-state index contributed by atoms with van der Waals surface area (Å²) in [5.74, 6) is 0.837. The monoisotopic (exact) mass is 278 g/mol. The molecule has 1 heterocycles. The van der Waals surface area contributed by atoms with Gasteiger partial charge in [0.05, 0.1) is 0 Å². The van der Waals surface area contributed by atoms with E-state index in [1.165, 1.54) is 51.4 Å². The zero-order chi connectivity index (χ0) is 14.0. The predicted molar refractivity (Wildman–Crippen MR) is 81.3 cm³/mol. The molecule has 1 amide bonds. The van der Waals surface area contributed by atoms with Gasteiger partial charge in [-0.3, -0.25) is 4.79 Å². The molecule has 2 N–H and O–H groups in total. The van der Waals surface area contributed by atoms with Crippen LogP contribution in [0.3, 0.4) is 0 Å². The molecule has 3 aliphatic rings. The zero-order valence-electron chi connectivity index (χ0n) is 12.8. The summed E-state index contributed by atoms with van der Waals surface area (Å²) in [6.07, 6.45) is 13.6. The van der Waals surface area contributed by atoms with E-state index in [9.17, 15) is 4.79 Å². The van der Waals surface area contributed by atoms with Gasteiger partial charge in [0.1, 0.15) is 0 Å². The lowest BCUT2D eigenvalue weighted by molar-refractivity contribution is -0.136. The molecule has 2 saturated carbocycles. The van der Waals surface area contributed by atoms with Crippen LogP contribution in [0.4, 0.5) is 0 Å². The predicted octanol–water partition coefficient (Wildman–Crippen LogP) is 3.08. The molecule has 0 aromatic heterocycles. The number of carbonyl (C=O) groups excluding carboxylic acids is 1. The van der Waals surface area contributed by atoms with E-state index >= 15 is 0 Å². The van der Waals surface area contributed by atoms with Crippen molar-refractivity contribution in [3.63, 3.8) is 0 Å². The molecule has 1 aliphatic heterocycles. The molecule has 0 radical (unpaired) electrons. The number of nitrogens with two attached hydrogens (primary N) is 1. The Morgan fingerprint density at radius 2 is 1.80 bits per heavy atom. The minimum Gasteiger partial charge on any atom is -0.342 e. The summed E-state index contributed by atoms with van der Waals surface area (Å²) >= 11 is 0. The summed E-state index contributed by atoms with van der Waals surface area (Å²) < 4.78 is 0. The van der Waals surface area contributed by atoms with Crippen molar-refractivity contribution in [1.29, 1.82) is 0 Å². The van der Waals surface area contributed by atoms with Crippen LogP contribution < -0.4 is 5.73 Å². The fourth-order valence-corrected chi connectivity index (χ4v) is 4.80. The maximum absolute atomic E-state index is 12.6. The highest BCUT2D eigenvalue weighted by molar-refractivity contribution is 5.76. The molecular weight excluding hydrogens is 248 g/mol. The van der Waals surface area contributed by atoms with Crippen molar-refractivity contribution in [2.75, 3.05) is 13.1 Å². The van der Waals surface area contributed by atoms with Crippen LogP contribution in [0, 0.1) is 11.3 Å². The summed E-state index contributed by atoms with van der Waals surface area (Å²) in [6, 6.07) is 0.271. The second kappa shape index (κ2) is 6.05. The molecule has 3 rings (SSSR count). The van der Waals surface area contributed by atoms with Crippen LogP contribution in [0.1, 0.15) is 70.6 Å². The Bertz CT molecular complexity index is 343. The van der Waals surface area contributed by atoms with Gasteiger partial charge in [-0.05, 0) is 49.9 Å². The van der Waals surface area contributed by atoms with E-state index in [-0.39, 0.29) is 6.04 Å². The lowest BCUT2D eigenvalue weighted by Crippen LogP contribution is -2.47. The number of hydrogen-bond donors (Lipinski definition) is 1. The average Bonchev–Trinajstić information content (AvgIpc) is 2.85. The first kappa shape index (κ1) is 14.4. The smallest absolute Gasteiger partial charge is 0.222 e. The summed E-state index contributed by atoms with van der Waals surface area (Å²) in [5.41, 5.74) is 6.60. The largest absolute Gasteiger partial charge is 0.342 e. The molecule has 20 heavy (non-hydrogen) atoms. The molecule has 3 fully saturated rings. The van der Waals surface area contributed by atoms with Crippen LogP contribution in [0.5, 0.6) is 0 Å². The molecule has 1 spiro atoms. The van der Waals surface area contributed by atoms with Crippen LogP contribution in [-0.2, 0) is 4.79 Å². The summed E-state index contributed by atoms with van der Waals surface area (Å²) in [7, 11) is 0. The van der Waals surface area contributed by atoms with Crippen LogP contribution in [0.25, 0.3) is 0 Å². The van der Waals surface area contributed by atoms with E-state index in [0.717, 1.165) is 25.9 Å². The second-order valence-electron chi connectivity index (χ2n) is 7.54. The first-order valence-electron chi connectivity index (χ1n) is 8.72. The van der Waals surface area contributed by atoms with Crippen LogP contribution in [0.2, 0.25) is 0 Å². The van der Waals surface area contributed by atoms with Gasteiger partial charge in [-0.1, -0.05) is 25.7 Å². The third-order valence-electron chi connectivity index (χ3n) is 6.08. The van der Waals surface area contributed by atoms with Crippen LogP contribution >= 0.6 is 0 Å². The SMILES string of the molecule is N[C@@H]1CCC[C@H]1CC(=O)N1CCCC2(CCCCC2)C1. The summed E-state index contributed by atoms with van der Waals surface area (Å²) in [4.78, 5) is 14.8. The van der Waals surface area contributed by atoms with Crippen LogP contribution in [-0.4, -0.2) is 29.9 Å². The van der Waals surface area contributed by atoms with Gasteiger partial charge in [0.15, 0.2) is 0 Å². The maximum Gasteiger partial charge on any atom is 0.222 e. The van der Waals surface area contributed by atoms with Crippen LogP contribution in [0.15, 0.2) is 0 Å². The Morgan fingerprint density at radius 1 is 1.05 bits per heavy atom. The molecule has 0 unspecified atom stereocenters. The Hall–Kier alpha value is -0.570. The fourth-order valence-electron chi connectivity index (χ4n) is 4.80. The molecule has 0 aromatic rings. The Kier molecular flexibility index (Phi) is 4.34. The van der Waals surface area contributed by atoms with E-state index in [1.807, 2.05) is 0 Å². The maximum atomic E-state index is 12.6. The van der Waals surface area contributed by atoms with E-state index in [2.05, 4.69) is 4.90 Å². The highest BCUT2D eigenvalue weighted by Crippen LogP contribution is 2.43. The molecule has 3 heteroatoms. The molecule has 1 saturated heterocycles. The van der Waals surface area contributed by atoms with E-state index in [1.54, 1.807) is 0 Å². The van der Waals surface area contributed by atoms with Gasteiger partial charge in [0, 0.05) is 25.6 Å². The average molecular weight is 278 g/mol. The molecule has 3 nitrogen and oxygen atoms in total. The Balaban J connectivity index is 1.57. The van der Waals surface area contributed by atoms with Gasteiger partial charge in [-0.15, -0.1) is 0 Å². The number of hydrogen-bond acceptors (Lipinski definition) is 2. The van der Waals surface area contributed by atoms with Gasteiger partial charge in [0.2, 0.25) is 5.91 Å². The van der Waals surface area contributed by atoms with Crippen molar-refractivity contribution in [3.05, 3.63) is 0 Å². The van der Waals surface area contributed by atoms with Crippen molar-refractivity contribution in [3.8, 4) is 0 Å². The first-order valence-corrected chi connectivity index (χ1v) is 8.72. The third-order valence-corrected chi connectivity index (χ3v) is 6.08. The van der Waals surface area contributed by atoms with Gasteiger partial charge < -0.3 is 10.6 Å². The molecule has 2 aliphatic carbocycles. The van der Waals surface area contributed by atoms with E-state index in [4.69, 9.17) is 5.73 Å². The number of carbonyl (C=O) groups is 1. The number of amides is 1. The van der Waals surface area contributed by atoms with Gasteiger partial charge >= 0.3 is 0 Å². The number of rotatable bonds is 2. The molecule has 0 bridgehead atoms. The van der Waals surface area contributed by atoms with Crippen molar-refractivity contribution in [2.24, 2.45) is 17.1 Å². The first-order chi connectivity index (χ1) is 9.69. The lowest BCUT2D eigenvalue weighted by atomic mass is 9.69. The zero-order valence-corrected chi connectivity index (χ0v) is 12.8. The second-order valence-corrected chi connectivity index (χ2v) is 7.54. The normalized spacial score (nSPS) is 33.5. The Morgan fingerprint density at radius 3 is 2.50 bits per heavy atom. The third kappa shape index (κ3) is 3.03. The lowest BCUT2D eigenvalue weighted by Gasteiger charge is -2.45. The molecule has 2 atom stereocenters. The molecule has 114 valence electrons. The van der Waals surface area contributed by atoms with Gasteiger partial charge in [-0.2, -0.15) is 0 Å². The molecular formula is C17H30N2O. The van der Waals surface area contributed by atoms with Crippen molar-refractivity contribution < 1.29 is 4.79 Å².